The van der Waals surface area contributed by atoms with E-state index >= 15 is 0 Å². The lowest BCUT2D eigenvalue weighted by atomic mass is 10.1. The molecule has 0 saturated heterocycles. The van der Waals surface area contributed by atoms with Crippen molar-refractivity contribution in [2.24, 2.45) is 0 Å². The van der Waals surface area contributed by atoms with Crippen LogP contribution in [0.3, 0.4) is 0 Å². The van der Waals surface area contributed by atoms with Crippen LogP contribution < -0.4 is 10.6 Å². The molecule has 0 aromatic heterocycles. The normalized spacial score (nSPS) is 10.3. The number of nitrogens with one attached hydrogen (secondary N) is 2. The first-order valence-corrected chi connectivity index (χ1v) is 8.31. The molecule has 2 N–H and O–H groups in total. The molecule has 0 bridgehead atoms. The Hall–Kier alpha value is -2.66. The molecule has 0 fully saturated rings. The second kappa shape index (κ2) is 9.59. The molecule has 2 amide bonds. The van der Waals surface area contributed by atoms with Crippen molar-refractivity contribution in [1.82, 2.24) is 10.6 Å². The lowest BCUT2D eigenvalue weighted by Gasteiger charge is -2.08. The van der Waals surface area contributed by atoms with Gasteiger partial charge in [-0.2, -0.15) is 0 Å². The van der Waals surface area contributed by atoms with E-state index in [1.807, 2.05) is 31.2 Å². The SMILES string of the molecule is COCCCNC(=O)c1ccc(C(=O)NCc2cccc(C)c2)cc1. The summed E-state index contributed by atoms with van der Waals surface area (Å²) in [5.74, 6) is -0.309. The average molecular weight is 340 g/mol. The highest BCUT2D eigenvalue weighted by molar-refractivity contribution is 5.97. The van der Waals surface area contributed by atoms with Gasteiger partial charge in [0.1, 0.15) is 0 Å². The second-order valence-electron chi connectivity index (χ2n) is 5.85. The summed E-state index contributed by atoms with van der Waals surface area (Å²) < 4.78 is 4.94. The van der Waals surface area contributed by atoms with E-state index in [0.29, 0.717) is 30.8 Å². The highest BCUT2D eigenvalue weighted by Crippen LogP contribution is 2.07. The molecule has 0 spiro atoms. The van der Waals surface area contributed by atoms with Crippen molar-refractivity contribution in [3.05, 3.63) is 70.8 Å². The first kappa shape index (κ1) is 18.7. The monoisotopic (exact) mass is 340 g/mol. The van der Waals surface area contributed by atoms with E-state index in [4.69, 9.17) is 4.74 Å². The summed E-state index contributed by atoms with van der Waals surface area (Å²) in [6.07, 6.45) is 0.766. The van der Waals surface area contributed by atoms with Crippen LogP contribution in [0.25, 0.3) is 0 Å². The van der Waals surface area contributed by atoms with Crippen LogP contribution >= 0.6 is 0 Å². The molecule has 0 atom stereocenters. The Morgan fingerprint density at radius 1 is 0.960 bits per heavy atom. The van der Waals surface area contributed by atoms with Crippen molar-refractivity contribution in [2.45, 2.75) is 19.9 Å². The molecule has 0 heterocycles. The third-order valence-electron chi connectivity index (χ3n) is 3.76. The molecule has 0 unspecified atom stereocenters. The van der Waals surface area contributed by atoms with Crippen molar-refractivity contribution >= 4 is 11.8 Å². The molecule has 0 aliphatic carbocycles. The Labute approximate surface area is 148 Å². The maximum Gasteiger partial charge on any atom is 0.251 e. The van der Waals surface area contributed by atoms with E-state index in [1.165, 1.54) is 0 Å². The largest absolute Gasteiger partial charge is 0.385 e. The summed E-state index contributed by atoms with van der Waals surface area (Å²) in [5, 5.41) is 5.70. The number of amides is 2. The first-order valence-electron chi connectivity index (χ1n) is 8.31. The van der Waals surface area contributed by atoms with Crippen molar-refractivity contribution in [1.29, 1.82) is 0 Å². The summed E-state index contributed by atoms with van der Waals surface area (Å²) in [7, 11) is 1.63. The topological polar surface area (TPSA) is 67.4 Å². The Bertz CT molecular complexity index is 711. The Morgan fingerprint density at radius 3 is 2.20 bits per heavy atom. The fourth-order valence-electron chi connectivity index (χ4n) is 2.40. The van der Waals surface area contributed by atoms with Gasteiger partial charge < -0.3 is 15.4 Å². The zero-order chi connectivity index (χ0) is 18.1. The number of hydrogen-bond donors (Lipinski definition) is 2. The zero-order valence-electron chi connectivity index (χ0n) is 14.7. The van der Waals surface area contributed by atoms with Gasteiger partial charge in [-0.15, -0.1) is 0 Å². The summed E-state index contributed by atoms with van der Waals surface area (Å²) in [6, 6.07) is 14.6. The van der Waals surface area contributed by atoms with E-state index < -0.39 is 0 Å². The van der Waals surface area contributed by atoms with Gasteiger partial charge in [0.25, 0.3) is 11.8 Å². The van der Waals surface area contributed by atoms with Gasteiger partial charge in [0.2, 0.25) is 0 Å². The molecular formula is C20H24N2O3. The van der Waals surface area contributed by atoms with Crippen LogP contribution in [0, 0.1) is 6.92 Å². The van der Waals surface area contributed by atoms with E-state index in [2.05, 4.69) is 10.6 Å². The quantitative estimate of drug-likeness (QED) is 0.726. The summed E-state index contributed by atoms with van der Waals surface area (Å²) in [5.41, 5.74) is 3.28. The summed E-state index contributed by atoms with van der Waals surface area (Å²) in [6.45, 7) is 3.67. The third kappa shape index (κ3) is 6.04. The van der Waals surface area contributed by atoms with E-state index in [1.54, 1.807) is 31.4 Å². The molecule has 0 aliphatic rings. The number of hydrogen-bond acceptors (Lipinski definition) is 3. The molecule has 0 radical (unpaired) electrons. The molecule has 25 heavy (non-hydrogen) atoms. The van der Waals surface area contributed by atoms with Gasteiger partial charge in [0.15, 0.2) is 0 Å². The van der Waals surface area contributed by atoms with Crippen LogP contribution in [0.2, 0.25) is 0 Å². The fraction of sp³-hybridized carbons (Fsp3) is 0.300. The second-order valence-corrected chi connectivity index (χ2v) is 5.85. The van der Waals surface area contributed by atoms with Crippen molar-refractivity contribution < 1.29 is 14.3 Å². The molecule has 2 aromatic rings. The maximum atomic E-state index is 12.2. The Balaban J connectivity index is 1.86. The highest BCUT2D eigenvalue weighted by Gasteiger charge is 2.08. The van der Waals surface area contributed by atoms with Gasteiger partial charge in [0, 0.05) is 37.9 Å². The van der Waals surface area contributed by atoms with Gasteiger partial charge in [-0.05, 0) is 43.2 Å². The third-order valence-corrected chi connectivity index (χ3v) is 3.76. The predicted molar refractivity (Wildman–Crippen MR) is 97.6 cm³/mol. The van der Waals surface area contributed by atoms with Crippen LogP contribution in [-0.4, -0.2) is 32.1 Å². The van der Waals surface area contributed by atoms with Crippen LogP contribution in [0.15, 0.2) is 48.5 Å². The first-order chi connectivity index (χ1) is 12.1. The number of ether oxygens (including phenoxy) is 1. The standard InChI is InChI=1S/C20H24N2O3/c1-15-5-3-6-16(13-15)14-22-20(24)18-9-7-17(8-10-18)19(23)21-11-4-12-25-2/h3,5-10,13H,4,11-12,14H2,1-2H3,(H,21,23)(H,22,24). The lowest BCUT2D eigenvalue weighted by molar-refractivity contribution is 0.0937. The minimum absolute atomic E-state index is 0.150. The van der Waals surface area contributed by atoms with Gasteiger partial charge >= 0.3 is 0 Å². The molecule has 0 saturated carbocycles. The molecule has 5 heteroatoms. The Kier molecular flexibility index (Phi) is 7.16. The van der Waals surface area contributed by atoms with Crippen LogP contribution in [0.5, 0.6) is 0 Å². The van der Waals surface area contributed by atoms with Crippen molar-refractivity contribution in [2.75, 3.05) is 20.3 Å². The van der Waals surface area contributed by atoms with Crippen molar-refractivity contribution in [3.63, 3.8) is 0 Å². The smallest absolute Gasteiger partial charge is 0.251 e. The van der Waals surface area contributed by atoms with E-state index in [9.17, 15) is 9.59 Å². The molecular weight excluding hydrogens is 316 g/mol. The molecule has 0 aliphatic heterocycles. The van der Waals surface area contributed by atoms with Crippen LogP contribution in [0.4, 0.5) is 0 Å². The molecule has 2 rings (SSSR count). The van der Waals surface area contributed by atoms with E-state index in [0.717, 1.165) is 17.5 Å². The van der Waals surface area contributed by atoms with Crippen LogP contribution in [0.1, 0.15) is 38.3 Å². The maximum absolute atomic E-state index is 12.2. The predicted octanol–water partition coefficient (Wildman–Crippen LogP) is 2.69. The van der Waals surface area contributed by atoms with Crippen molar-refractivity contribution in [3.8, 4) is 0 Å². The number of carbonyl (C=O) groups excluding carboxylic acids is 2. The average Bonchev–Trinajstić information content (AvgIpc) is 2.63. The Morgan fingerprint density at radius 2 is 1.60 bits per heavy atom. The van der Waals surface area contributed by atoms with Gasteiger partial charge in [0.05, 0.1) is 0 Å². The van der Waals surface area contributed by atoms with Gasteiger partial charge in [-0.1, -0.05) is 29.8 Å². The minimum Gasteiger partial charge on any atom is -0.385 e. The summed E-state index contributed by atoms with van der Waals surface area (Å²) >= 11 is 0. The summed E-state index contributed by atoms with van der Waals surface area (Å²) in [4.78, 5) is 24.2. The minimum atomic E-state index is -0.159. The highest BCUT2D eigenvalue weighted by atomic mass is 16.5. The molecule has 5 nitrogen and oxygen atoms in total. The molecule has 132 valence electrons. The van der Waals surface area contributed by atoms with Crippen LogP contribution in [-0.2, 0) is 11.3 Å². The molecule has 2 aromatic carbocycles. The number of methoxy groups -OCH3 is 1. The van der Waals surface area contributed by atoms with Gasteiger partial charge in [-0.3, -0.25) is 9.59 Å². The number of carbonyl (C=O) groups is 2. The lowest BCUT2D eigenvalue weighted by Crippen LogP contribution is -2.26. The number of benzene rings is 2. The number of rotatable bonds is 8. The van der Waals surface area contributed by atoms with E-state index in [-0.39, 0.29) is 11.8 Å². The van der Waals surface area contributed by atoms with Gasteiger partial charge in [-0.25, -0.2) is 0 Å². The zero-order valence-corrected chi connectivity index (χ0v) is 14.7. The fourth-order valence-corrected chi connectivity index (χ4v) is 2.40. The number of aryl methyl sites for hydroxylation is 1.